The van der Waals surface area contributed by atoms with E-state index in [1.165, 1.54) is 0 Å². The molecule has 0 fully saturated rings. The predicted octanol–water partition coefficient (Wildman–Crippen LogP) is 2.38. The monoisotopic (exact) mass is 219 g/mol. The lowest BCUT2D eigenvalue weighted by atomic mass is 10.1. The van der Waals surface area contributed by atoms with Crippen LogP contribution in [0.2, 0.25) is 0 Å². The van der Waals surface area contributed by atoms with Crippen LogP contribution in [0.15, 0.2) is 48.9 Å². The Morgan fingerprint density at radius 2 is 1.88 bits per heavy atom. The standard InChI is InChI=1S/C14H9N3/c1-2-11-9-16-17-10-13(8-15-14(11)17)12-6-4-3-5-7-12/h1,3-10H. The van der Waals surface area contributed by atoms with E-state index in [4.69, 9.17) is 6.42 Å². The molecule has 3 aromatic rings. The van der Waals surface area contributed by atoms with E-state index in [1.54, 1.807) is 10.7 Å². The summed E-state index contributed by atoms with van der Waals surface area (Å²) in [6.07, 6.45) is 10.8. The van der Waals surface area contributed by atoms with E-state index in [0.717, 1.165) is 11.1 Å². The molecule has 0 amide bonds. The van der Waals surface area contributed by atoms with Gasteiger partial charge in [-0.15, -0.1) is 6.42 Å². The molecule has 3 heteroatoms. The van der Waals surface area contributed by atoms with Crippen molar-refractivity contribution in [2.75, 3.05) is 0 Å². The molecule has 0 bridgehead atoms. The van der Waals surface area contributed by atoms with Gasteiger partial charge in [-0.3, -0.25) is 0 Å². The Morgan fingerprint density at radius 1 is 1.06 bits per heavy atom. The molecule has 0 atom stereocenters. The zero-order valence-electron chi connectivity index (χ0n) is 9.04. The highest BCUT2D eigenvalue weighted by Crippen LogP contribution is 2.18. The fourth-order valence-electron chi connectivity index (χ4n) is 1.76. The Morgan fingerprint density at radius 3 is 2.65 bits per heavy atom. The summed E-state index contributed by atoms with van der Waals surface area (Å²) in [6, 6.07) is 10.0. The van der Waals surface area contributed by atoms with Crippen molar-refractivity contribution >= 4 is 5.65 Å². The van der Waals surface area contributed by atoms with Gasteiger partial charge in [0.15, 0.2) is 5.65 Å². The summed E-state index contributed by atoms with van der Waals surface area (Å²) in [5.74, 6) is 2.56. The maximum atomic E-state index is 5.37. The van der Waals surface area contributed by atoms with Crippen molar-refractivity contribution in [3.05, 3.63) is 54.5 Å². The average molecular weight is 219 g/mol. The number of fused-ring (bicyclic) bond motifs is 1. The third-order valence-corrected chi connectivity index (χ3v) is 2.62. The average Bonchev–Trinajstić information content (AvgIpc) is 2.81. The molecule has 0 aliphatic carbocycles. The van der Waals surface area contributed by atoms with Crippen molar-refractivity contribution in [2.45, 2.75) is 0 Å². The first-order valence-electron chi connectivity index (χ1n) is 5.24. The number of aromatic nitrogens is 3. The minimum Gasteiger partial charge on any atom is -0.235 e. The predicted molar refractivity (Wildman–Crippen MR) is 66.4 cm³/mol. The van der Waals surface area contributed by atoms with Gasteiger partial charge in [0.25, 0.3) is 0 Å². The minimum absolute atomic E-state index is 0.713. The van der Waals surface area contributed by atoms with E-state index in [2.05, 4.69) is 16.0 Å². The van der Waals surface area contributed by atoms with Crippen LogP contribution in [0.25, 0.3) is 16.8 Å². The van der Waals surface area contributed by atoms with Crippen molar-refractivity contribution in [3.63, 3.8) is 0 Å². The minimum atomic E-state index is 0.713. The van der Waals surface area contributed by atoms with Crippen molar-refractivity contribution in [1.82, 2.24) is 14.6 Å². The smallest absolute Gasteiger partial charge is 0.170 e. The Hall–Kier alpha value is -2.60. The summed E-state index contributed by atoms with van der Waals surface area (Å²) in [5.41, 5.74) is 3.56. The van der Waals surface area contributed by atoms with Crippen LogP contribution in [0.5, 0.6) is 0 Å². The normalized spacial score (nSPS) is 10.3. The number of hydrogen-bond acceptors (Lipinski definition) is 2. The van der Waals surface area contributed by atoms with Gasteiger partial charge in [-0.05, 0) is 5.56 Å². The van der Waals surface area contributed by atoms with E-state index in [1.807, 2.05) is 42.7 Å². The largest absolute Gasteiger partial charge is 0.235 e. The van der Waals surface area contributed by atoms with E-state index in [9.17, 15) is 0 Å². The summed E-state index contributed by atoms with van der Waals surface area (Å²) in [4.78, 5) is 4.35. The van der Waals surface area contributed by atoms with Crippen molar-refractivity contribution in [2.24, 2.45) is 0 Å². The molecule has 80 valence electrons. The molecular weight excluding hydrogens is 210 g/mol. The quantitative estimate of drug-likeness (QED) is 0.588. The number of rotatable bonds is 1. The summed E-state index contributed by atoms with van der Waals surface area (Å²) in [6.45, 7) is 0. The molecule has 0 saturated carbocycles. The van der Waals surface area contributed by atoms with Gasteiger partial charge in [-0.1, -0.05) is 36.3 Å². The second-order valence-corrected chi connectivity index (χ2v) is 3.68. The molecule has 2 aromatic heterocycles. The highest BCUT2D eigenvalue weighted by molar-refractivity contribution is 5.64. The van der Waals surface area contributed by atoms with Crippen molar-refractivity contribution in [1.29, 1.82) is 0 Å². The van der Waals surface area contributed by atoms with Gasteiger partial charge in [-0.2, -0.15) is 5.10 Å². The molecule has 2 heterocycles. The van der Waals surface area contributed by atoms with Crippen LogP contribution in [-0.2, 0) is 0 Å². The van der Waals surface area contributed by atoms with Crippen LogP contribution in [0.1, 0.15) is 5.56 Å². The molecule has 0 radical (unpaired) electrons. The molecule has 17 heavy (non-hydrogen) atoms. The lowest BCUT2D eigenvalue weighted by molar-refractivity contribution is 0.941. The Balaban J connectivity index is 2.19. The molecule has 0 aliphatic rings. The first-order chi connectivity index (χ1) is 8.38. The van der Waals surface area contributed by atoms with Crippen molar-refractivity contribution < 1.29 is 0 Å². The topological polar surface area (TPSA) is 30.2 Å². The lowest BCUT2D eigenvalue weighted by Crippen LogP contribution is -1.91. The summed E-state index contributed by atoms with van der Waals surface area (Å²) >= 11 is 0. The maximum Gasteiger partial charge on any atom is 0.170 e. The molecule has 0 saturated heterocycles. The van der Waals surface area contributed by atoms with E-state index in [0.29, 0.717) is 11.2 Å². The van der Waals surface area contributed by atoms with E-state index >= 15 is 0 Å². The second-order valence-electron chi connectivity index (χ2n) is 3.68. The van der Waals surface area contributed by atoms with Crippen LogP contribution >= 0.6 is 0 Å². The fraction of sp³-hybridized carbons (Fsp3) is 0. The summed E-state index contributed by atoms with van der Waals surface area (Å²) < 4.78 is 1.71. The van der Waals surface area contributed by atoms with Gasteiger partial charge < -0.3 is 0 Å². The molecule has 0 unspecified atom stereocenters. The maximum absolute atomic E-state index is 5.37. The summed E-state index contributed by atoms with van der Waals surface area (Å²) in [5, 5.41) is 4.19. The molecule has 3 rings (SSSR count). The first-order valence-corrected chi connectivity index (χ1v) is 5.24. The molecule has 0 N–H and O–H groups in total. The van der Waals surface area contributed by atoms with E-state index in [-0.39, 0.29) is 0 Å². The molecule has 1 aromatic carbocycles. The number of terminal acetylenes is 1. The fourth-order valence-corrected chi connectivity index (χ4v) is 1.76. The summed E-state index contributed by atoms with van der Waals surface area (Å²) in [7, 11) is 0. The zero-order chi connectivity index (χ0) is 11.7. The molecule has 0 aliphatic heterocycles. The number of nitrogens with zero attached hydrogens (tertiary/aromatic N) is 3. The first kappa shape index (κ1) is 9.61. The third-order valence-electron chi connectivity index (χ3n) is 2.62. The third kappa shape index (κ3) is 1.56. The Kier molecular flexibility index (Phi) is 2.13. The molecule has 3 nitrogen and oxygen atoms in total. The number of hydrogen-bond donors (Lipinski definition) is 0. The highest BCUT2D eigenvalue weighted by atomic mass is 15.2. The molecular formula is C14H9N3. The van der Waals surface area contributed by atoms with Gasteiger partial charge >= 0.3 is 0 Å². The highest BCUT2D eigenvalue weighted by Gasteiger charge is 2.04. The Bertz CT molecular complexity index is 705. The van der Waals surface area contributed by atoms with Crippen LogP contribution < -0.4 is 0 Å². The van der Waals surface area contributed by atoms with Gasteiger partial charge in [-0.25, -0.2) is 9.50 Å². The van der Waals surface area contributed by atoms with Crippen LogP contribution in [0.3, 0.4) is 0 Å². The second kappa shape index (κ2) is 3.76. The molecule has 0 spiro atoms. The SMILES string of the molecule is C#Cc1cnn2cc(-c3ccccc3)cnc12. The van der Waals surface area contributed by atoms with Crippen LogP contribution in [0, 0.1) is 12.3 Å². The number of benzene rings is 1. The lowest BCUT2D eigenvalue weighted by Gasteiger charge is -2.01. The zero-order valence-corrected chi connectivity index (χ0v) is 9.04. The van der Waals surface area contributed by atoms with Crippen LogP contribution in [-0.4, -0.2) is 14.6 Å². The Labute approximate surface area is 98.7 Å². The van der Waals surface area contributed by atoms with Gasteiger partial charge in [0.05, 0.1) is 11.8 Å². The van der Waals surface area contributed by atoms with Gasteiger partial charge in [0.1, 0.15) is 0 Å². The van der Waals surface area contributed by atoms with Crippen LogP contribution in [0.4, 0.5) is 0 Å². The van der Waals surface area contributed by atoms with Gasteiger partial charge in [0, 0.05) is 18.0 Å². The van der Waals surface area contributed by atoms with Gasteiger partial charge in [0.2, 0.25) is 0 Å². The van der Waals surface area contributed by atoms with Crippen molar-refractivity contribution in [3.8, 4) is 23.5 Å². The van der Waals surface area contributed by atoms with E-state index < -0.39 is 0 Å².